The van der Waals surface area contributed by atoms with Crippen molar-refractivity contribution in [1.82, 2.24) is 5.32 Å². The highest BCUT2D eigenvalue weighted by atomic mass is 35.5. The number of hydrogen-bond donors (Lipinski definition) is 1. The summed E-state index contributed by atoms with van der Waals surface area (Å²) in [4.78, 5) is 0. The molecule has 0 aromatic heterocycles. The molecule has 0 atom stereocenters. The molecule has 1 fully saturated rings. The Balaban J connectivity index is 1.84. The first-order valence-electron chi connectivity index (χ1n) is 6.88. The summed E-state index contributed by atoms with van der Waals surface area (Å²) in [6.45, 7) is 1.11. The summed E-state index contributed by atoms with van der Waals surface area (Å²) in [6, 6.07) is 4.61. The molecular weight excluding hydrogens is 262 g/mol. The first kappa shape index (κ1) is 14.5. The molecule has 1 aliphatic carbocycles. The van der Waals surface area contributed by atoms with Crippen LogP contribution >= 0.6 is 11.6 Å². The molecule has 1 N–H and O–H groups in total. The third-order valence-electron chi connectivity index (χ3n) is 3.44. The van der Waals surface area contributed by atoms with Gasteiger partial charge in [-0.15, -0.1) is 0 Å². The molecule has 2 rings (SSSR count). The molecule has 1 aliphatic rings. The average molecular weight is 284 g/mol. The van der Waals surface area contributed by atoms with Gasteiger partial charge in [-0.1, -0.05) is 11.6 Å². The largest absolute Gasteiger partial charge is 0.493 e. The molecule has 0 bridgehead atoms. The Hall–Kier alpha value is -0.930. The van der Waals surface area contributed by atoms with Gasteiger partial charge in [0.1, 0.15) is 0 Å². The Kier molecular flexibility index (Phi) is 5.34. The molecule has 0 amide bonds. The fourth-order valence-electron chi connectivity index (χ4n) is 2.12. The first-order valence-corrected chi connectivity index (χ1v) is 7.26. The number of ether oxygens (including phenoxy) is 2. The number of aryl methyl sites for hydroxylation is 1. The molecule has 4 heteroatoms. The van der Waals surface area contributed by atoms with Crippen molar-refractivity contribution < 1.29 is 9.47 Å². The van der Waals surface area contributed by atoms with Crippen LogP contribution in [0.4, 0.5) is 0 Å². The summed E-state index contributed by atoms with van der Waals surface area (Å²) in [7, 11) is 3.27. The quantitative estimate of drug-likeness (QED) is 0.742. The van der Waals surface area contributed by atoms with Crippen molar-refractivity contribution in [2.24, 2.45) is 0 Å². The Labute approximate surface area is 120 Å². The van der Waals surface area contributed by atoms with Gasteiger partial charge < -0.3 is 14.8 Å². The monoisotopic (exact) mass is 283 g/mol. The average Bonchev–Trinajstić information content (AvgIpc) is 3.23. The summed E-state index contributed by atoms with van der Waals surface area (Å²) in [5.74, 6) is 1.43. The number of nitrogens with one attached hydrogen (secondary N) is 1. The zero-order valence-corrected chi connectivity index (χ0v) is 12.4. The van der Waals surface area contributed by atoms with Crippen LogP contribution in [-0.2, 0) is 6.42 Å². The molecule has 0 saturated heterocycles. The minimum atomic E-state index is 0.687. The van der Waals surface area contributed by atoms with Crippen LogP contribution in [0.5, 0.6) is 11.5 Å². The molecule has 0 heterocycles. The second-order valence-electron chi connectivity index (χ2n) is 4.98. The van der Waals surface area contributed by atoms with Crippen LogP contribution in [-0.4, -0.2) is 26.8 Å². The van der Waals surface area contributed by atoms with Crippen molar-refractivity contribution in [1.29, 1.82) is 0 Å². The van der Waals surface area contributed by atoms with Crippen molar-refractivity contribution in [2.75, 3.05) is 20.8 Å². The lowest BCUT2D eigenvalue weighted by molar-refractivity contribution is 0.354. The van der Waals surface area contributed by atoms with Gasteiger partial charge in [0, 0.05) is 17.1 Å². The van der Waals surface area contributed by atoms with Gasteiger partial charge in [0.15, 0.2) is 11.5 Å². The lowest BCUT2D eigenvalue weighted by Crippen LogP contribution is -2.17. The molecule has 106 valence electrons. The second kappa shape index (κ2) is 7.01. The van der Waals surface area contributed by atoms with Gasteiger partial charge in [-0.3, -0.25) is 0 Å². The minimum Gasteiger partial charge on any atom is -0.493 e. The second-order valence-corrected chi connectivity index (χ2v) is 5.39. The number of methoxy groups -OCH3 is 2. The highest BCUT2D eigenvalue weighted by molar-refractivity contribution is 6.31. The summed E-state index contributed by atoms with van der Waals surface area (Å²) in [5.41, 5.74) is 1.13. The molecule has 1 saturated carbocycles. The summed E-state index contributed by atoms with van der Waals surface area (Å²) >= 11 is 6.26. The van der Waals surface area contributed by atoms with Crippen LogP contribution in [0.3, 0.4) is 0 Å². The van der Waals surface area contributed by atoms with Crippen LogP contribution in [0.25, 0.3) is 0 Å². The van der Waals surface area contributed by atoms with Crippen molar-refractivity contribution in [2.45, 2.75) is 38.1 Å². The highest BCUT2D eigenvalue weighted by Gasteiger charge is 2.19. The smallest absolute Gasteiger partial charge is 0.162 e. The topological polar surface area (TPSA) is 30.5 Å². The van der Waals surface area contributed by atoms with Gasteiger partial charge in [-0.05, 0) is 50.3 Å². The molecule has 0 radical (unpaired) electrons. The van der Waals surface area contributed by atoms with E-state index in [9.17, 15) is 0 Å². The van der Waals surface area contributed by atoms with Crippen LogP contribution in [0.1, 0.15) is 31.2 Å². The van der Waals surface area contributed by atoms with E-state index >= 15 is 0 Å². The number of unbranched alkanes of at least 4 members (excludes halogenated alkanes) is 1. The predicted molar refractivity (Wildman–Crippen MR) is 78.5 cm³/mol. The molecule has 19 heavy (non-hydrogen) atoms. The Morgan fingerprint density at radius 3 is 2.47 bits per heavy atom. The lowest BCUT2D eigenvalue weighted by atomic mass is 10.1. The predicted octanol–water partition coefficient (Wildman–Crippen LogP) is 3.43. The van der Waals surface area contributed by atoms with E-state index in [0.29, 0.717) is 5.75 Å². The number of rotatable bonds is 8. The zero-order chi connectivity index (χ0) is 13.7. The van der Waals surface area contributed by atoms with E-state index in [0.717, 1.165) is 41.8 Å². The third-order valence-corrected chi connectivity index (χ3v) is 3.79. The van der Waals surface area contributed by atoms with Crippen molar-refractivity contribution in [3.05, 3.63) is 22.7 Å². The fourth-order valence-corrected chi connectivity index (χ4v) is 2.37. The molecule has 3 nitrogen and oxygen atoms in total. The maximum atomic E-state index is 6.26. The van der Waals surface area contributed by atoms with Crippen LogP contribution in [0.15, 0.2) is 12.1 Å². The van der Waals surface area contributed by atoms with Gasteiger partial charge in [-0.25, -0.2) is 0 Å². The summed E-state index contributed by atoms with van der Waals surface area (Å²) < 4.78 is 10.5. The molecule has 0 aliphatic heterocycles. The van der Waals surface area contributed by atoms with Crippen LogP contribution in [0.2, 0.25) is 5.02 Å². The van der Waals surface area contributed by atoms with E-state index in [1.807, 2.05) is 12.1 Å². The Morgan fingerprint density at radius 1 is 1.16 bits per heavy atom. The van der Waals surface area contributed by atoms with Gasteiger partial charge in [0.25, 0.3) is 0 Å². The van der Waals surface area contributed by atoms with Gasteiger partial charge in [0.2, 0.25) is 0 Å². The molecule has 1 aromatic rings. The van der Waals surface area contributed by atoms with Crippen LogP contribution in [0, 0.1) is 0 Å². The third kappa shape index (κ3) is 4.29. The highest BCUT2D eigenvalue weighted by Crippen LogP contribution is 2.33. The van der Waals surface area contributed by atoms with E-state index < -0.39 is 0 Å². The van der Waals surface area contributed by atoms with E-state index in [-0.39, 0.29) is 0 Å². The number of benzene rings is 1. The van der Waals surface area contributed by atoms with Gasteiger partial charge in [0.05, 0.1) is 14.2 Å². The molecule has 1 aromatic carbocycles. The van der Waals surface area contributed by atoms with Crippen molar-refractivity contribution >= 4 is 11.6 Å². The fraction of sp³-hybridized carbons (Fsp3) is 0.600. The molecule has 0 unspecified atom stereocenters. The molecule has 0 spiro atoms. The normalized spacial score (nSPS) is 14.5. The standard InChI is InChI=1S/C15H22ClNO2/c1-18-14-9-11(13(16)10-15(14)19-2)5-3-4-8-17-12-6-7-12/h9-10,12,17H,3-8H2,1-2H3. The summed E-state index contributed by atoms with van der Waals surface area (Å²) in [5, 5.41) is 4.28. The van der Waals surface area contributed by atoms with E-state index in [1.165, 1.54) is 19.3 Å². The summed E-state index contributed by atoms with van der Waals surface area (Å²) in [6.07, 6.45) is 5.99. The van der Waals surface area contributed by atoms with E-state index in [4.69, 9.17) is 21.1 Å². The maximum absolute atomic E-state index is 6.26. The Bertz CT molecular complexity index is 419. The van der Waals surface area contributed by atoms with E-state index in [1.54, 1.807) is 14.2 Å². The van der Waals surface area contributed by atoms with E-state index in [2.05, 4.69) is 5.32 Å². The lowest BCUT2D eigenvalue weighted by Gasteiger charge is -2.11. The minimum absolute atomic E-state index is 0.687. The Morgan fingerprint density at radius 2 is 1.84 bits per heavy atom. The number of hydrogen-bond acceptors (Lipinski definition) is 3. The maximum Gasteiger partial charge on any atom is 0.162 e. The van der Waals surface area contributed by atoms with Gasteiger partial charge in [-0.2, -0.15) is 0 Å². The van der Waals surface area contributed by atoms with Crippen molar-refractivity contribution in [3.8, 4) is 11.5 Å². The first-order chi connectivity index (χ1) is 9.24. The molecular formula is C15H22ClNO2. The SMILES string of the molecule is COc1cc(Cl)c(CCCCNC2CC2)cc1OC. The van der Waals surface area contributed by atoms with Gasteiger partial charge >= 0.3 is 0 Å². The van der Waals surface area contributed by atoms with Crippen LogP contribution < -0.4 is 14.8 Å². The zero-order valence-electron chi connectivity index (χ0n) is 11.7. The van der Waals surface area contributed by atoms with Crippen molar-refractivity contribution in [3.63, 3.8) is 0 Å². The number of halogens is 1.